The summed E-state index contributed by atoms with van der Waals surface area (Å²) >= 11 is 0. The van der Waals surface area contributed by atoms with Crippen LogP contribution in [0.25, 0.3) is 100 Å². The van der Waals surface area contributed by atoms with Gasteiger partial charge in [0.05, 0.1) is 22.1 Å². The third-order valence-electron chi connectivity index (χ3n) is 14.2. The highest BCUT2D eigenvalue weighted by molar-refractivity contribution is 6.11. The molecule has 0 unspecified atom stereocenters. The van der Waals surface area contributed by atoms with Gasteiger partial charge in [-0.3, -0.25) is 9.97 Å². The number of anilines is 6. The van der Waals surface area contributed by atoms with Gasteiger partial charge in [-0.05, 0) is 146 Å². The van der Waals surface area contributed by atoms with E-state index in [0.717, 1.165) is 100 Å². The van der Waals surface area contributed by atoms with E-state index in [0.29, 0.717) is 34.2 Å². The molecular weight excluding hydrogens is 939 g/mol. The second kappa shape index (κ2) is 17.5. The number of fused-ring (bicyclic) bond motifs is 8. The lowest BCUT2D eigenvalue weighted by molar-refractivity contribution is 0.588. The van der Waals surface area contributed by atoms with E-state index in [1.54, 1.807) is 0 Å². The van der Waals surface area contributed by atoms with E-state index < -0.39 is 0 Å². The normalized spacial score (nSPS) is 11.7. The number of rotatable bonds is 10. The summed E-state index contributed by atoms with van der Waals surface area (Å²) in [6.07, 6.45) is 7.58. The highest BCUT2D eigenvalue weighted by Crippen LogP contribution is 2.42. The third kappa shape index (κ3) is 7.17. The van der Waals surface area contributed by atoms with Crippen molar-refractivity contribution in [3.8, 4) is 34.3 Å². The molecule has 0 radical (unpaired) electrons. The molecule has 0 saturated carbocycles. The van der Waals surface area contributed by atoms with Gasteiger partial charge in [-0.25, -0.2) is 9.97 Å². The number of oxazole rings is 2. The van der Waals surface area contributed by atoms with Crippen LogP contribution in [0.4, 0.5) is 34.1 Å². The SMILES string of the molecule is c1ccc(N(c2ccccc2)c2ccc3c(c2)c2cnccc2n3-c2ccc(-c3nc4cc5nc(-c6ccc(-n7c8ccncc8c8cc(N(c9ccccc9)c9ccccc9)ccc87)cc6)oc5nc4o3)cc2)cc1. The minimum Gasteiger partial charge on any atom is -0.418 e. The van der Waals surface area contributed by atoms with Crippen molar-refractivity contribution in [2.24, 2.45) is 0 Å². The highest BCUT2D eigenvalue weighted by atomic mass is 16.4. The Kier molecular flexibility index (Phi) is 9.92. The van der Waals surface area contributed by atoms with E-state index in [1.165, 1.54) is 0 Å². The first-order valence-electron chi connectivity index (χ1n) is 25.0. The van der Waals surface area contributed by atoms with Crippen LogP contribution in [0.1, 0.15) is 0 Å². The summed E-state index contributed by atoms with van der Waals surface area (Å²) in [6.45, 7) is 0. The Morgan fingerprint density at radius 3 is 1.07 bits per heavy atom. The first-order valence-corrected chi connectivity index (χ1v) is 25.0. The first-order chi connectivity index (χ1) is 37.7. The van der Waals surface area contributed by atoms with Crippen molar-refractivity contribution in [2.45, 2.75) is 0 Å². The predicted octanol–water partition coefficient (Wildman–Crippen LogP) is 16.6. The summed E-state index contributed by atoms with van der Waals surface area (Å²) in [6, 6.07) is 77.6. The molecule has 7 heterocycles. The number of benzene rings is 8. The molecule has 0 aliphatic carbocycles. The van der Waals surface area contributed by atoms with Crippen LogP contribution < -0.4 is 9.80 Å². The third-order valence-corrected chi connectivity index (χ3v) is 14.2. The van der Waals surface area contributed by atoms with E-state index >= 15 is 0 Å². The zero-order valence-electron chi connectivity index (χ0n) is 40.5. The Hall–Kier alpha value is -10.7. The van der Waals surface area contributed by atoms with Gasteiger partial charge in [-0.15, -0.1) is 0 Å². The Bertz CT molecular complexity index is 4210. The molecule has 0 fully saturated rings. The van der Waals surface area contributed by atoms with Gasteiger partial charge in [0, 0.05) is 109 Å². The van der Waals surface area contributed by atoms with E-state index in [1.807, 2.05) is 79.4 Å². The molecule has 0 aliphatic heterocycles. The summed E-state index contributed by atoms with van der Waals surface area (Å²) in [7, 11) is 0. The molecule has 0 spiro atoms. The lowest BCUT2D eigenvalue weighted by Gasteiger charge is -2.25. The summed E-state index contributed by atoms with van der Waals surface area (Å²) in [5, 5.41) is 4.34. The predicted molar refractivity (Wildman–Crippen MR) is 304 cm³/mol. The van der Waals surface area contributed by atoms with E-state index in [9.17, 15) is 0 Å². The molecule has 7 aromatic heterocycles. The average Bonchev–Trinajstić information content (AvgIpc) is 4.32. The number of para-hydroxylation sites is 4. The van der Waals surface area contributed by atoms with E-state index in [2.05, 4.69) is 199 Å². The van der Waals surface area contributed by atoms with Crippen molar-refractivity contribution in [2.75, 3.05) is 9.80 Å². The van der Waals surface area contributed by atoms with Crippen LogP contribution in [0.3, 0.4) is 0 Å². The number of pyridine rings is 3. The van der Waals surface area contributed by atoms with Crippen molar-refractivity contribution >= 4 is 100 Å². The Morgan fingerprint density at radius 1 is 0.316 bits per heavy atom. The molecule has 15 rings (SSSR count). The zero-order valence-corrected chi connectivity index (χ0v) is 40.5. The molecule has 0 N–H and O–H groups in total. The van der Waals surface area contributed by atoms with Crippen molar-refractivity contribution in [1.29, 1.82) is 0 Å². The summed E-state index contributed by atoms with van der Waals surface area (Å²) in [5.74, 6) is 0.912. The van der Waals surface area contributed by atoms with Crippen LogP contribution in [0.2, 0.25) is 0 Å². The van der Waals surface area contributed by atoms with Crippen molar-refractivity contribution in [1.82, 2.24) is 34.1 Å². The topological polar surface area (TPSA) is 107 Å². The average molecular weight is 980 g/mol. The number of hydrogen-bond acceptors (Lipinski definition) is 9. The quantitative estimate of drug-likeness (QED) is 0.132. The monoisotopic (exact) mass is 979 g/mol. The van der Waals surface area contributed by atoms with Crippen LogP contribution in [0, 0.1) is 0 Å². The van der Waals surface area contributed by atoms with Gasteiger partial charge in [0.2, 0.25) is 11.8 Å². The molecule has 0 aliphatic rings. The molecule has 358 valence electrons. The lowest BCUT2D eigenvalue weighted by atomic mass is 10.1. The fourth-order valence-electron chi connectivity index (χ4n) is 10.7. The van der Waals surface area contributed by atoms with Gasteiger partial charge in [-0.1, -0.05) is 72.8 Å². The minimum atomic E-state index is 0.370. The van der Waals surface area contributed by atoms with Crippen molar-refractivity contribution in [3.63, 3.8) is 0 Å². The lowest BCUT2D eigenvalue weighted by Crippen LogP contribution is -2.09. The van der Waals surface area contributed by atoms with Gasteiger partial charge in [0.25, 0.3) is 11.4 Å². The molecule has 76 heavy (non-hydrogen) atoms. The zero-order chi connectivity index (χ0) is 50.1. The highest BCUT2D eigenvalue weighted by Gasteiger charge is 2.21. The maximum Gasteiger partial charge on any atom is 0.250 e. The second-order valence-electron chi connectivity index (χ2n) is 18.6. The molecule has 8 aromatic carbocycles. The Morgan fingerprint density at radius 2 is 0.684 bits per heavy atom. The number of nitrogens with zero attached hydrogens (tertiary/aromatic N) is 9. The van der Waals surface area contributed by atoms with Crippen LogP contribution in [-0.4, -0.2) is 34.1 Å². The van der Waals surface area contributed by atoms with Gasteiger partial charge >= 0.3 is 0 Å². The minimum absolute atomic E-state index is 0.370. The fraction of sp³-hybridized carbons (Fsp3) is 0. The Labute approximate surface area is 434 Å². The fourth-order valence-corrected chi connectivity index (χ4v) is 10.7. The van der Waals surface area contributed by atoms with E-state index in [-0.39, 0.29) is 0 Å². The van der Waals surface area contributed by atoms with Crippen molar-refractivity contribution < 1.29 is 8.83 Å². The molecule has 0 bridgehead atoms. The molecule has 0 amide bonds. The van der Waals surface area contributed by atoms with Crippen LogP contribution in [0.5, 0.6) is 0 Å². The smallest absolute Gasteiger partial charge is 0.250 e. The summed E-state index contributed by atoms with van der Waals surface area (Å²) in [4.78, 5) is 28.2. The maximum atomic E-state index is 6.31. The largest absolute Gasteiger partial charge is 0.418 e. The molecule has 0 saturated heterocycles. The second-order valence-corrected chi connectivity index (χ2v) is 18.6. The molecule has 0 atom stereocenters. The van der Waals surface area contributed by atoms with Crippen molar-refractivity contribution in [3.05, 3.63) is 249 Å². The molecular formula is C65H41N9O2. The molecule has 11 nitrogen and oxygen atoms in total. The van der Waals surface area contributed by atoms with Gasteiger partial charge < -0.3 is 27.8 Å². The standard InChI is InChI=1S/C65H41N9O2/c1-5-13-44(14-6-1)71(45-15-7-2-8-16-45)50-29-31-58-52(37-50)54-40-66-35-33-60(54)73(58)48-25-21-42(22-26-48)62-68-56-39-57-65(70-64(56)75-62)76-63(69-57)43-23-27-49(28-24-43)74-59-32-30-51(38-53(59)55-41-67-36-34-61(55)74)72(46-17-9-3-10-18-46)47-19-11-4-12-20-47/h1-41H. The maximum absolute atomic E-state index is 6.31. The summed E-state index contributed by atoms with van der Waals surface area (Å²) in [5.41, 5.74) is 16.3. The van der Waals surface area contributed by atoms with Gasteiger partial charge in [0.15, 0.2) is 0 Å². The molecule has 11 heteroatoms. The van der Waals surface area contributed by atoms with Gasteiger partial charge in [0.1, 0.15) is 11.0 Å². The summed E-state index contributed by atoms with van der Waals surface area (Å²) < 4.78 is 17.2. The van der Waals surface area contributed by atoms with Gasteiger partial charge in [-0.2, -0.15) is 4.98 Å². The Balaban J connectivity index is 0.718. The first kappa shape index (κ1) is 43.0. The van der Waals surface area contributed by atoms with E-state index in [4.69, 9.17) is 23.8 Å². The molecule has 15 aromatic rings. The van der Waals surface area contributed by atoms with Crippen LogP contribution >= 0.6 is 0 Å². The van der Waals surface area contributed by atoms with Crippen LogP contribution in [0.15, 0.2) is 258 Å². The van der Waals surface area contributed by atoms with Crippen LogP contribution in [-0.2, 0) is 0 Å². The number of aromatic nitrogens is 7. The number of hydrogen-bond donors (Lipinski definition) is 0.